The summed E-state index contributed by atoms with van der Waals surface area (Å²) in [6.45, 7) is 5.49. The molecule has 2 aromatic heterocycles. The van der Waals surface area contributed by atoms with Crippen LogP contribution in [0.3, 0.4) is 0 Å². The van der Waals surface area contributed by atoms with Crippen LogP contribution in [-0.2, 0) is 13.1 Å². The highest BCUT2D eigenvalue weighted by molar-refractivity contribution is 9.13. The van der Waals surface area contributed by atoms with Gasteiger partial charge < -0.3 is 4.90 Å². The van der Waals surface area contributed by atoms with Crippen molar-refractivity contribution < 1.29 is 4.79 Å². The SMILES string of the molecule is CCn1ncc(CN(C)C(=O)c2cc(Br)c(Br)s2)c1C. The van der Waals surface area contributed by atoms with Crippen molar-refractivity contribution in [2.75, 3.05) is 7.05 Å². The van der Waals surface area contributed by atoms with E-state index in [0.29, 0.717) is 11.4 Å². The Balaban J connectivity index is 2.13. The van der Waals surface area contributed by atoms with E-state index in [0.717, 1.165) is 26.1 Å². The lowest BCUT2D eigenvalue weighted by Crippen LogP contribution is -2.25. The molecule has 0 aliphatic rings. The Morgan fingerprint density at radius 1 is 1.50 bits per heavy atom. The Morgan fingerprint density at radius 2 is 2.20 bits per heavy atom. The van der Waals surface area contributed by atoms with Crippen LogP contribution in [0.1, 0.15) is 27.9 Å². The predicted molar refractivity (Wildman–Crippen MR) is 88.2 cm³/mol. The van der Waals surface area contributed by atoms with E-state index < -0.39 is 0 Å². The Labute approximate surface area is 139 Å². The summed E-state index contributed by atoms with van der Waals surface area (Å²) < 4.78 is 3.78. The van der Waals surface area contributed by atoms with Crippen molar-refractivity contribution in [2.45, 2.75) is 26.9 Å². The maximum absolute atomic E-state index is 12.4. The summed E-state index contributed by atoms with van der Waals surface area (Å²) >= 11 is 8.25. The van der Waals surface area contributed by atoms with Crippen molar-refractivity contribution in [3.63, 3.8) is 0 Å². The fourth-order valence-corrected chi connectivity index (χ4v) is 3.96. The number of rotatable bonds is 4. The van der Waals surface area contributed by atoms with Crippen LogP contribution in [0.4, 0.5) is 0 Å². The van der Waals surface area contributed by atoms with E-state index in [4.69, 9.17) is 0 Å². The minimum atomic E-state index is 0.0186. The number of aryl methyl sites for hydroxylation is 1. The van der Waals surface area contributed by atoms with E-state index in [1.54, 1.807) is 4.90 Å². The molecule has 0 fully saturated rings. The third-order valence-electron chi connectivity index (χ3n) is 3.11. The van der Waals surface area contributed by atoms with Crippen LogP contribution in [0.15, 0.2) is 20.5 Å². The van der Waals surface area contributed by atoms with Crippen LogP contribution in [-0.4, -0.2) is 27.6 Å². The molecule has 0 aromatic carbocycles. The minimum absolute atomic E-state index is 0.0186. The smallest absolute Gasteiger partial charge is 0.264 e. The quantitative estimate of drug-likeness (QED) is 0.747. The first kappa shape index (κ1) is 15.7. The molecule has 0 N–H and O–H groups in total. The summed E-state index contributed by atoms with van der Waals surface area (Å²) in [5.41, 5.74) is 2.19. The van der Waals surface area contributed by atoms with Gasteiger partial charge in [0.25, 0.3) is 5.91 Å². The summed E-state index contributed by atoms with van der Waals surface area (Å²) in [4.78, 5) is 14.8. The highest BCUT2D eigenvalue weighted by atomic mass is 79.9. The molecule has 2 heterocycles. The summed E-state index contributed by atoms with van der Waals surface area (Å²) in [7, 11) is 1.81. The molecule has 2 rings (SSSR count). The molecule has 0 unspecified atom stereocenters. The molecule has 2 aromatic rings. The molecule has 0 bridgehead atoms. The number of hydrogen-bond donors (Lipinski definition) is 0. The lowest BCUT2D eigenvalue weighted by Gasteiger charge is -2.16. The topological polar surface area (TPSA) is 38.1 Å². The number of carbonyl (C=O) groups excluding carboxylic acids is 1. The fraction of sp³-hybridized carbons (Fsp3) is 0.385. The first-order valence-corrected chi connectivity index (χ1v) is 8.55. The minimum Gasteiger partial charge on any atom is -0.337 e. The van der Waals surface area contributed by atoms with E-state index in [2.05, 4.69) is 43.9 Å². The van der Waals surface area contributed by atoms with Crippen LogP contribution in [0.2, 0.25) is 0 Å². The monoisotopic (exact) mass is 419 g/mol. The van der Waals surface area contributed by atoms with Crippen LogP contribution in [0.5, 0.6) is 0 Å². The van der Waals surface area contributed by atoms with Gasteiger partial charge in [0.2, 0.25) is 0 Å². The molecular formula is C13H15Br2N3OS. The van der Waals surface area contributed by atoms with Gasteiger partial charge in [-0.25, -0.2) is 0 Å². The van der Waals surface area contributed by atoms with E-state index in [-0.39, 0.29) is 5.91 Å². The van der Waals surface area contributed by atoms with Gasteiger partial charge in [0.05, 0.1) is 14.9 Å². The van der Waals surface area contributed by atoms with Gasteiger partial charge in [0, 0.05) is 35.9 Å². The molecule has 20 heavy (non-hydrogen) atoms. The van der Waals surface area contributed by atoms with E-state index >= 15 is 0 Å². The maximum atomic E-state index is 12.4. The molecule has 0 saturated carbocycles. The Kier molecular flexibility index (Phi) is 5.04. The summed E-state index contributed by atoms with van der Waals surface area (Å²) in [6, 6.07) is 1.84. The summed E-state index contributed by atoms with van der Waals surface area (Å²) in [5.74, 6) is 0.0186. The van der Waals surface area contributed by atoms with E-state index in [9.17, 15) is 4.79 Å². The fourth-order valence-electron chi connectivity index (χ4n) is 1.93. The third kappa shape index (κ3) is 3.15. The van der Waals surface area contributed by atoms with Crippen molar-refractivity contribution in [3.8, 4) is 0 Å². The van der Waals surface area contributed by atoms with E-state index in [1.165, 1.54) is 11.3 Å². The highest BCUT2D eigenvalue weighted by Gasteiger charge is 2.18. The summed E-state index contributed by atoms with van der Waals surface area (Å²) in [5, 5.41) is 4.30. The zero-order valence-electron chi connectivity index (χ0n) is 11.5. The molecule has 4 nitrogen and oxygen atoms in total. The molecule has 0 aliphatic heterocycles. The van der Waals surface area contributed by atoms with Gasteiger partial charge in [0.1, 0.15) is 0 Å². The van der Waals surface area contributed by atoms with Crippen LogP contribution >= 0.6 is 43.2 Å². The number of amides is 1. The molecule has 108 valence electrons. The van der Waals surface area contributed by atoms with Crippen LogP contribution < -0.4 is 0 Å². The summed E-state index contributed by atoms with van der Waals surface area (Å²) in [6.07, 6.45) is 1.84. The largest absolute Gasteiger partial charge is 0.337 e. The highest BCUT2D eigenvalue weighted by Crippen LogP contribution is 2.33. The molecule has 0 saturated heterocycles. The van der Waals surface area contributed by atoms with Crippen molar-refractivity contribution in [1.82, 2.24) is 14.7 Å². The zero-order valence-corrected chi connectivity index (χ0v) is 15.5. The number of carbonyl (C=O) groups is 1. The van der Waals surface area contributed by atoms with Gasteiger partial charge >= 0.3 is 0 Å². The lowest BCUT2D eigenvalue weighted by molar-refractivity contribution is 0.0789. The van der Waals surface area contributed by atoms with E-state index in [1.807, 2.05) is 30.9 Å². The normalized spacial score (nSPS) is 10.8. The average molecular weight is 421 g/mol. The average Bonchev–Trinajstić information content (AvgIpc) is 2.93. The van der Waals surface area contributed by atoms with Crippen molar-refractivity contribution in [1.29, 1.82) is 0 Å². The van der Waals surface area contributed by atoms with Gasteiger partial charge in [-0.15, -0.1) is 11.3 Å². The Bertz CT molecular complexity index is 616. The Morgan fingerprint density at radius 3 is 2.70 bits per heavy atom. The molecule has 0 atom stereocenters. The number of thiophene rings is 1. The third-order valence-corrected chi connectivity index (χ3v) is 6.36. The van der Waals surface area contributed by atoms with Gasteiger partial charge in [-0.3, -0.25) is 9.48 Å². The number of hydrogen-bond acceptors (Lipinski definition) is 3. The van der Waals surface area contributed by atoms with Gasteiger partial charge in [0.15, 0.2) is 0 Å². The molecule has 0 radical (unpaired) electrons. The molecule has 0 aliphatic carbocycles. The second-order valence-corrected chi connectivity index (χ2v) is 7.69. The van der Waals surface area contributed by atoms with Crippen LogP contribution in [0, 0.1) is 6.92 Å². The van der Waals surface area contributed by atoms with Crippen molar-refractivity contribution in [3.05, 3.63) is 36.7 Å². The number of aromatic nitrogens is 2. The van der Waals surface area contributed by atoms with Crippen molar-refractivity contribution >= 4 is 49.1 Å². The van der Waals surface area contributed by atoms with Gasteiger partial charge in [-0.05, 0) is 51.8 Å². The van der Waals surface area contributed by atoms with Crippen molar-refractivity contribution in [2.24, 2.45) is 0 Å². The molecule has 7 heteroatoms. The predicted octanol–water partition coefficient (Wildman–Crippen LogP) is 4.07. The molecular weight excluding hydrogens is 406 g/mol. The van der Waals surface area contributed by atoms with Gasteiger partial charge in [-0.1, -0.05) is 0 Å². The van der Waals surface area contributed by atoms with Gasteiger partial charge in [-0.2, -0.15) is 5.10 Å². The zero-order chi connectivity index (χ0) is 14.9. The molecule has 0 spiro atoms. The maximum Gasteiger partial charge on any atom is 0.264 e. The lowest BCUT2D eigenvalue weighted by atomic mass is 10.2. The number of halogens is 2. The second kappa shape index (κ2) is 6.41. The first-order chi connectivity index (χ1) is 9.43. The second-order valence-electron chi connectivity index (χ2n) is 4.46. The standard InChI is InChI=1S/C13H15Br2N3OS/c1-4-18-8(2)9(6-16-18)7-17(3)13(19)11-5-10(14)12(15)20-11/h5-6H,4,7H2,1-3H3. The first-order valence-electron chi connectivity index (χ1n) is 6.15. The molecule has 1 amide bonds. The van der Waals surface area contributed by atoms with Crippen LogP contribution in [0.25, 0.3) is 0 Å². The Hall–Kier alpha value is -0.660. The number of nitrogens with zero attached hydrogens (tertiary/aromatic N) is 3.